The van der Waals surface area contributed by atoms with Gasteiger partial charge in [-0.05, 0) is 63.2 Å². The molecule has 3 aromatic rings. The molecular formula is C25H30N4O3S. The molecule has 2 atom stereocenters. The number of benzene rings is 2. The van der Waals surface area contributed by atoms with Crippen molar-refractivity contribution in [1.29, 1.82) is 0 Å². The number of nitrogens with one attached hydrogen (secondary N) is 2. The van der Waals surface area contributed by atoms with E-state index in [-0.39, 0.29) is 4.90 Å². The van der Waals surface area contributed by atoms with Crippen LogP contribution in [0.2, 0.25) is 0 Å². The maximum absolute atomic E-state index is 13.1. The maximum Gasteiger partial charge on any atom is 0.261 e. The zero-order chi connectivity index (χ0) is 23.6. The van der Waals surface area contributed by atoms with E-state index in [9.17, 15) is 8.42 Å². The second kappa shape index (κ2) is 9.41. The number of rotatable bonds is 6. The van der Waals surface area contributed by atoms with Crippen molar-refractivity contribution in [3.8, 4) is 17.0 Å². The van der Waals surface area contributed by atoms with Crippen molar-refractivity contribution >= 4 is 21.4 Å². The molecule has 1 saturated heterocycles. The highest BCUT2D eigenvalue weighted by Crippen LogP contribution is 2.33. The second-order valence-corrected chi connectivity index (χ2v) is 10.2. The Balaban J connectivity index is 1.58. The molecule has 1 aliphatic heterocycles. The molecule has 2 aromatic carbocycles. The maximum atomic E-state index is 13.1. The van der Waals surface area contributed by atoms with Gasteiger partial charge in [0.05, 0.1) is 29.1 Å². The highest BCUT2D eigenvalue weighted by atomic mass is 32.2. The van der Waals surface area contributed by atoms with E-state index >= 15 is 0 Å². The number of aryl methyl sites for hydroxylation is 1. The van der Waals surface area contributed by atoms with Crippen LogP contribution in [0.15, 0.2) is 65.6 Å². The van der Waals surface area contributed by atoms with Gasteiger partial charge in [-0.1, -0.05) is 18.2 Å². The van der Waals surface area contributed by atoms with Crippen LogP contribution in [0.5, 0.6) is 5.75 Å². The van der Waals surface area contributed by atoms with Gasteiger partial charge < -0.3 is 15.0 Å². The van der Waals surface area contributed by atoms with Gasteiger partial charge in [-0.3, -0.25) is 9.71 Å². The summed E-state index contributed by atoms with van der Waals surface area (Å²) in [5.74, 6) is 0.717. The van der Waals surface area contributed by atoms with Gasteiger partial charge in [-0.25, -0.2) is 8.42 Å². The number of piperazine rings is 1. The van der Waals surface area contributed by atoms with Crippen LogP contribution < -0.4 is 19.7 Å². The van der Waals surface area contributed by atoms with Gasteiger partial charge in [-0.2, -0.15) is 0 Å². The van der Waals surface area contributed by atoms with Crippen LogP contribution in [0, 0.1) is 6.92 Å². The predicted molar refractivity (Wildman–Crippen MR) is 132 cm³/mol. The topological polar surface area (TPSA) is 83.6 Å². The molecule has 2 N–H and O–H groups in total. The van der Waals surface area contributed by atoms with Gasteiger partial charge in [0.2, 0.25) is 0 Å². The van der Waals surface area contributed by atoms with Gasteiger partial charge >= 0.3 is 0 Å². The first kappa shape index (κ1) is 23.1. The SMILES string of the molecule is COc1ccc(NS(=O)(=O)c2ccc(-c3cccc(C)n3)cc2)cc1N1C[C@@H](C)N[C@@H](C)C1. The first-order valence-electron chi connectivity index (χ1n) is 11.0. The second-order valence-electron chi connectivity index (χ2n) is 8.55. The molecule has 1 aromatic heterocycles. The molecule has 8 heteroatoms. The van der Waals surface area contributed by atoms with Gasteiger partial charge in [0.15, 0.2) is 0 Å². The number of hydrogen-bond donors (Lipinski definition) is 2. The van der Waals surface area contributed by atoms with E-state index in [0.29, 0.717) is 23.5 Å². The van der Waals surface area contributed by atoms with E-state index in [2.05, 4.69) is 33.8 Å². The van der Waals surface area contributed by atoms with E-state index in [1.165, 1.54) is 0 Å². The monoisotopic (exact) mass is 466 g/mol. The van der Waals surface area contributed by atoms with Crippen LogP contribution in [0.4, 0.5) is 11.4 Å². The first-order valence-corrected chi connectivity index (χ1v) is 12.5. The van der Waals surface area contributed by atoms with Crippen molar-refractivity contribution < 1.29 is 13.2 Å². The lowest BCUT2D eigenvalue weighted by atomic mass is 10.1. The quantitative estimate of drug-likeness (QED) is 0.570. The Labute approximate surface area is 195 Å². The van der Waals surface area contributed by atoms with E-state index in [4.69, 9.17) is 4.74 Å². The number of aromatic nitrogens is 1. The summed E-state index contributed by atoms with van der Waals surface area (Å²) in [6.45, 7) is 7.82. The third-order valence-electron chi connectivity index (χ3n) is 5.68. The normalized spacial score (nSPS) is 18.7. The van der Waals surface area contributed by atoms with Gasteiger partial charge in [-0.15, -0.1) is 0 Å². The molecule has 1 fully saturated rings. The molecule has 1 aliphatic rings. The lowest BCUT2D eigenvalue weighted by molar-refractivity contribution is 0.391. The van der Waals surface area contributed by atoms with E-state index < -0.39 is 10.0 Å². The minimum absolute atomic E-state index is 0.195. The smallest absolute Gasteiger partial charge is 0.261 e. The third kappa shape index (κ3) is 5.29. The molecule has 0 radical (unpaired) electrons. The number of hydrogen-bond acceptors (Lipinski definition) is 6. The average Bonchev–Trinajstić information content (AvgIpc) is 2.78. The molecule has 0 unspecified atom stereocenters. The summed E-state index contributed by atoms with van der Waals surface area (Å²) in [7, 11) is -2.12. The Hall–Kier alpha value is -3.10. The molecular weight excluding hydrogens is 436 g/mol. The van der Waals surface area contributed by atoms with Crippen LogP contribution in [-0.2, 0) is 10.0 Å². The summed E-state index contributed by atoms with van der Waals surface area (Å²) in [6, 6.07) is 18.5. The van der Waals surface area contributed by atoms with Crippen LogP contribution in [0.25, 0.3) is 11.3 Å². The Morgan fingerprint density at radius 2 is 1.73 bits per heavy atom. The molecule has 0 saturated carbocycles. The zero-order valence-corrected chi connectivity index (χ0v) is 20.2. The van der Waals surface area contributed by atoms with E-state index in [0.717, 1.165) is 35.7 Å². The van der Waals surface area contributed by atoms with E-state index in [1.807, 2.05) is 31.2 Å². The van der Waals surface area contributed by atoms with Crippen molar-refractivity contribution in [2.75, 3.05) is 29.8 Å². The average molecular weight is 467 g/mol. The van der Waals surface area contributed by atoms with E-state index in [1.54, 1.807) is 43.5 Å². The molecule has 2 heterocycles. The summed E-state index contributed by atoms with van der Waals surface area (Å²) in [5.41, 5.74) is 3.96. The van der Waals surface area contributed by atoms with Crippen molar-refractivity contribution in [2.45, 2.75) is 37.8 Å². The van der Waals surface area contributed by atoms with Crippen LogP contribution in [0.3, 0.4) is 0 Å². The summed E-state index contributed by atoms with van der Waals surface area (Å²) in [4.78, 5) is 6.92. The lowest BCUT2D eigenvalue weighted by Gasteiger charge is -2.38. The fourth-order valence-corrected chi connectivity index (χ4v) is 5.30. The minimum atomic E-state index is -3.75. The molecule has 33 heavy (non-hydrogen) atoms. The third-order valence-corrected chi connectivity index (χ3v) is 7.08. The molecule has 0 bridgehead atoms. The Morgan fingerprint density at radius 1 is 1.03 bits per heavy atom. The molecule has 7 nitrogen and oxygen atoms in total. The number of anilines is 2. The fourth-order valence-electron chi connectivity index (χ4n) is 4.25. The van der Waals surface area contributed by atoms with Crippen molar-refractivity contribution in [2.24, 2.45) is 0 Å². The van der Waals surface area contributed by atoms with Crippen molar-refractivity contribution in [3.05, 3.63) is 66.4 Å². The largest absolute Gasteiger partial charge is 0.495 e. The van der Waals surface area contributed by atoms with Gasteiger partial charge in [0, 0.05) is 36.4 Å². The van der Waals surface area contributed by atoms with Crippen LogP contribution in [-0.4, -0.2) is 45.7 Å². The molecule has 0 amide bonds. The predicted octanol–water partition coefficient (Wildman–Crippen LogP) is 4.05. The van der Waals surface area contributed by atoms with Crippen LogP contribution in [0.1, 0.15) is 19.5 Å². The minimum Gasteiger partial charge on any atom is -0.495 e. The first-order chi connectivity index (χ1) is 15.7. The number of ether oxygens (including phenoxy) is 1. The Morgan fingerprint density at radius 3 is 2.36 bits per heavy atom. The molecule has 0 aliphatic carbocycles. The number of pyridine rings is 1. The van der Waals surface area contributed by atoms with Gasteiger partial charge in [0.1, 0.15) is 5.75 Å². The summed E-state index contributed by atoms with van der Waals surface area (Å²) in [5, 5.41) is 3.51. The Kier molecular flexibility index (Phi) is 6.58. The number of sulfonamides is 1. The number of methoxy groups -OCH3 is 1. The van der Waals surface area contributed by atoms with Crippen LogP contribution >= 0.6 is 0 Å². The summed E-state index contributed by atoms with van der Waals surface area (Å²) < 4.78 is 34.4. The molecule has 4 rings (SSSR count). The standard InChI is InChI=1S/C25H30N4O3S/c1-17-6-5-7-23(27-17)20-8-11-22(12-9-20)33(30,31)28-21-10-13-25(32-4)24(14-21)29-15-18(2)26-19(3)16-29/h5-14,18-19,26,28H,15-16H2,1-4H3/t18-,19+. The highest BCUT2D eigenvalue weighted by molar-refractivity contribution is 7.92. The van der Waals surface area contributed by atoms with Crippen molar-refractivity contribution in [1.82, 2.24) is 10.3 Å². The summed E-state index contributed by atoms with van der Waals surface area (Å²) >= 11 is 0. The lowest BCUT2D eigenvalue weighted by Crippen LogP contribution is -2.54. The summed E-state index contributed by atoms with van der Waals surface area (Å²) in [6.07, 6.45) is 0. The van der Waals surface area contributed by atoms with Crippen molar-refractivity contribution in [3.63, 3.8) is 0 Å². The molecule has 0 spiro atoms. The fraction of sp³-hybridized carbons (Fsp3) is 0.320. The molecule has 174 valence electrons. The number of nitrogens with zero attached hydrogens (tertiary/aromatic N) is 2. The highest BCUT2D eigenvalue weighted by Gasteiger charge is 2.24. The Bertz CT molecular complexity index is 1220. The van der Waals surface area contributed by atoms with Gasteiger partial charge in [0.25, 0.3) is 10.0 Å². The zero-order valence-electron chi connectivity index (χ0n) is 19.4.